The lowest BCUT2D eigenvalue weighted by Crippen LogP contribution is -2.27. The Labute approximate surface area is 193 Å². The van der Waals surface area contributed by atoms with Crippen molar-refractivity contribution >= 4 is 46.3 Å². The van der Waals surface area contributed by atoms with E-state index in [0.717, 1.165) is 16.7 Å². The van der Waals surface area contributed by atoms with Gasteiger partial charge in [-0.1, -0.05) is 41.9 Å². The maximum Gasteiger partial charge on any atom is 0.298 e. The lowest BCUT2D eigenvalue weighted by molar-refractivity contribution is -0.113. The van der Waals surface area contributed by atoms with E-state index in [0.29, 0.717) is 22.7 Å². The Kier molecular flexibility index (Phi) is 6.48. The number of imide groups is 1. The third-order valence-corrected chi connectivity index (χ3v) is 5.95. The highest BCUT2D eigenvalue weighted by atomic mass is 35.5. The molecule has 1 fully saturated rings. The van der Waals surface area contributed by atoms with E-state index < -0.39 is 11.7 Å². The summed E-state index contributed by atoms with van der Waals surface area (Å²) in [6.45, 7) is -0.101. The van der Waals surface area contributed by atoms with Crippen LogP contribution in [-0.4, -0.2) is 18.3 Å². The average Bonchev–Trinajstić information content (AvgIpc) is 3.07. The van der Waals surface area contributed by atoms with Crippen LogP contribution in [0.2, 0.25) is 5.02 Å². The van der Waals surface area contributed by atoms with E-state index in [1.54, 1.807) is 54.6 Å². The van der Waals surface area contributed by atoms with Crippen molar-refractivity contribution in [2.75, 3.05) is 12.0 Å². The minimum absolute atomic E-state index is 0.101. The van der Waals surface area contributed by atoms with Crippen LogP contribution in [0.3, 0.4) is 0 Å². The van der Waals surface area contributed by atoms with E-state index in [1.165, 1.54) is 19.2 Å². The number of anilines is 1. The summed E-state index contributed by atoms with van der Waals surface area (Å²) in [6, 6.07) is 18.2. The van der Waals surface area contributed by atoms with Gasteiger partial charge < -0.3 is 9.47 Å². The van der Waals surface area contributed by atoms with Crippen molar-refractivity contribution in [3.05, 3.63) is 93.6 Å². The molecule has 1 heterocycles. The van der Waals surface area contributed by atoms with Crippen LogP contribution in [0.15, 0.2) is 71.6 Å². The molecular formula is C24H17ClFNO4S. The molecule has 0 radical (unpaired) electrons. The SMILES string of the molecule is COc1ccc(/C=C2\SC(=O)N(c3ccccc3)C2=O)cc1OCc1c(F)cccc1Cl. The molecule has 8 heteroatoms. The van der Waals surface area contributed by atoms with Gasteiger partial charge in [-0.2, -0.15) is 0 Å². The fraction of sp³-hybridized carbons (Fsp3) is 0.0833. The van der Waals surface area contributed by atoms with Gasteiger partial charge in [0.25, 0.3) is 11.1 Å². The number of hydrogen-bond acceptors (Lipinski definition) is 5. The zero-order valence-electron chi connectivity index (χ0n) is 16.9. The Balaban J connectivity index is 1.59. The molecule has 32 heavy (non-hydrogen) atoms. The van der Waals surface area contributed by atoms with Crippen molar-refractivity contribution in [3.63, 3.8) is 0 Å². The smallest absolute Gasteiger partial charge is 0.298 e. The predicted molar refractivity (Wildman–Crippen MR) is 124 cm³/mol. The maximum atomic E-state index is 14.1. The van der Waals surface area contributed by atoms with Gasteiger partial charge in [0.05, 0.1) is 22.7 Å². The molecule has 5 nitrogen and oxygen atoms in total. The van der Waals surface area contributed by atoms with Crippen LogP contribution < -0.4 is 14.4 Å². The first kappa shape index (κ1) is 21.9. The molecule has 0 spiro atoms. The molecule has 1 aliphatic rings. The number of hydrogen-bond donors (Lipinski definition) is 0. The Morgan fingerprint density at radius 1 is 1.03 bits per heavy atom. The van der Waals surface area contributed by atoms with Crippen LogP contribution in [0.4, 0.5) is 14.9 Å². The van der Waals surface area contributed by atoms with Crippen LogP contribution in [0.5, 0.6) is 11.5 Å². The highest BCUT2D eigenvalue weighted by Gasteiger charge is 2.36. The highest BCUT2D eigenvalue weighted by molar-refractivity contribution is 8.19. The largest absolute Gasteiger partial charge is 0.493 e. The molecule has 162 valence electrons. The zero-order valence-corrected chi connectivity index (χ0v) is 18.5. The van der Waals surface area contributed by atoms with E-state index >= 15 is 0 Å². The molecule has 4 rings (SSSR count). The number of carbonyl (C=O) groups is 2. The monoisotopic (exact) mass is 469 g/mol. The summed E-state index contributed by atoms with van der Waals surface area (Å²) in [4.78, 5) is 26.6. The molecule has 1 aliphatic heterocycles. The zero-order chi connectivity index (χ0) is 22.7. The Morgan fingerprint density at radius 3 is 2.53 bits per heavy atom. The van der Waals surface area contributed by atoms with Gasteiger partial charge in [-0.25, -0.2) is 9.29 Å². The maximum absolute atomic E-state index is 14.1. The quantitative estimate of drug-likeness (QED) is 0.396. The number of thioether (sulfide) groups is 1. The lowest BCUT2D eigenvalue weighted by Gasteiger charge is -2.13. The van der Waals surface area contributed by atoms with Crippen LogP contribution in [0.25, 0.3) is 6.08 Å². The fourth-order valence-corrected chi connectivity index (χ4v) is 4.19. The topological polar surface area (TPSA) is 55.8 Å². The first-order valence-electron chi connectivity index (χ1n) is 9.54. The number of para-hydroxylation sites is 1. The summed E-state index contributed by atoms with van der Waals surface area (Å²) < 4.78 is 25.2. The first-order valence-corrected chi connectivity index (χ1v) is 10.7. The fourth-order valence-electron chi connectivity index (χ4n) is 3.13. The Morgan fingerprint density at radius 2 is 1.81 bits per heavy atom. The standard InChI is InChI=1S/C24H17ClFNO4S/c1-30-20-11-10-15(12-21(20)31-14-17-18(25)8-5-9-19(17)26)13-22-23(28)27(24(29)32-22)16-6-3-2-4-7-16/h2-13H,14H2,1H3/b22-13-. The van der Waals surface area contributed by atoms with Crippen molar-refractivity contribution in [3.8, 4) is 11.5 Å². The molecule has 3 aromatic carbocycles. The molecule has 0 unspecified atom stereocenters. The van der Waals surface area contributed by atoms with Gasteiger partial charge in [-0.3, -0.25) is 9.59 Å². The van der Waals surface area contributed by atoms with Crippen molar-refractivity contribution in [2.45, 2.75) is 6.61 Å². The second-order valence-corrected chi connectivity index (χ2v) is 8.15. The third kappa shape index (κ3) is 4.49. The molecule has 0 saturated carbocycles. The number of amides is 2. The van der Waals surface area contributed by atoms with E-state index in [9.17, 15) is 14.0 Å². The molecule has 0 aliphatic carbocycles. The number of nitrogens with zero attached hydrogens (tertiary/aromatic N) is 1. The number of carbonyl (C=O) groups excluding carboxylic acids is 2. The normalized spacial score (nSPS) is 14.8. The first-order chi connectivity index (χ1) is 15.5. The molecule has 0 aromatic heterocycles. The second-order valence-electron chi connectivity index (χ2n) is 6.75. The Hall–Kier alpha value is -3.29. The molecule has 0 N–H and O–H groups in total. The molecule has 1 saturated heterocycles. The van der Waals surface area contributed by atoms with Crippen LogP contribution >= 0.6 is 23.4 Å². The molecule has 0 atom stereocenters. The summed E-state index contributed by atoms with van der Waals surface area (Å²) in [5.74, 6) is -0.0836. The van der Waals surface area contributed by atoms with E-state index in [-0.39, 0.29) is 27.3 Å². The lowest BCUT2D eigenvalue weighted by atomic mass is 10.1. The van der Waals surface area contributed by atoms with Gasteiger partial charge in [-0.15, -0.1) is 0 Å². The van der Waals surface area contributed by atoms with Gasteiger partial charge in [0.2, 0.25) is 0 Å². The second kappa shape index (κ2) is 9.46. The van der Waals surface area contributed by atoms with E-state index in [4.69, 9.17) is 21.1 Å². The average molecular weight is 470 g/mol. The van der Waals surface area contributed by atoms with Crippen molar-refractivity contribution < 1.29 is 23.5 Å². The summed E-state index contributed by atoms with van der Waals surface area (Å²) >= 11 is 6.93. The minimum Gasteiger partial charge on any atom is -0.493 e. The van der Waals surface area contributed by atoms with Crippen molar-refractivity contribution in [2.24, 2.45) is 0 Å². The van der Waals surface area contributed by atoms with E-state index in [1.807, 2.05) is 6.07 Å². The highest BCUT2D eigenvalue weighted by Crippen LogP contribution is 2.37. The predicted octanol–water partition coefficient (Wildman–Crippen LogP) is 6.31. The summed E-state index contributed by atoms with van der Waals surface area (Å²) in [5, 5.41) is -0.110. The van der Waals surface area contributed by atoms with Gasteiger partial charge in [0.1, 0.15) is 12.4 Å². The Bertz CT molecular complexity index is 1200. The number of methoxy groups -OCH3 is 1. The molecule has 3 aromatic rings. The van der Waals surface area contributed by atoms with Crippen molar-refractivity contribution in [1.29, 1.82) is 0 Å². The van der Waals surface area contributed by atoms with Gasteiger partial charge in [-0.05, 0) is 59.8 Å². The van der Waals surface area contributed by atoms with Gasteiger partial charge in [0, 0.05) is 5.56 Å². The number of halogens is 2. The summed E-state index contributed by atoms with van der Waals surface area (Å²) in [5.41, 5.74) is 1.36. The third-order valence-electron chi connectivity index (χ3n) is 4.73. The number of rotatable bonds is 6. The molecule has 0 bridgehead atoms. The molecular weight excluding hydrogens is 453 g/mol. The van der Waals surface area contributed by atoms with Crippen LogP contribution in [-0.2, 0) is 11.4 Å². The van der Waals surface area contributed by atoms with Crippen LogP contribution in [0.1, 0.15) is 11.1 Å². The van der Waals surface area contributed by atoms with Crippen LogP contribution in [0, 0.1) is 5.82 Å². The summed E-state index contributed by atoms with van der Waals surface area (Å²) in [7, 11) is 1.49. The molecule has 2 amide bonds. The number of ether oxygens (including phenoxy) is 2. The number of benzene rings is 3. The van der Waals surface area contributed by atoms with Gasteiger partial charge >= 0.3 is 0 Å². The van der Waals surface area contributed by atoms with Crippen molar-refractivity contribution in [1.82, 2.24) is 0 Å². The van der Waals surface area contributed by atoms with E-state index in [2.05, 4.69) is 0 Å². The summed E-state index contributed by atoms with van der Waals surface area (Å²) in [6.07, 6.45) is 1.61. The van der Waals surface area contributed by atoms with Gasteiger partial charge in [0.15, 0.2) is 11.5 Å². The minimum atomic E-state index is -0.470.